The normalized spacial score (nSPS) is 28.3. The standard InChI is InChI=1S/C16H22INO/c1-2-18-14-11-15(16(14)9-5-6-10-16)19-13-8-4-3-7-12(13)17/h3-4,7-8,14-15,18H,2,5-6,9-11H2,1H3. The van der Waals surface area contributed by atoms with Gasteiger partial charge in [0.2, 0.25) is 0 Å². The lowest BCUT2D eigenvalue weighted by atomic mass is 9.60. The van der Waals surface area contributed by atoms with Gasteiger partial charge in [0, 0.05) is 17.9 Å². The molecule has 0 amide bonds. The van der Waals surface area contributed by atoms with Gasteiger partial charge in [0.25, 0.3) is 0 Å². The van der Waals surface area contributed by atoms with Crippen LogP contribution < -0.4 is 10.1 Å². The van der Waals surface area contributed by atoms with Crippen LogP contribution in [0.25, 0.3) is 0 Å². The quantitative estimate of drug-likeness (QED) is 0.809. The molecule has 1 spiro atoms. The van der Waals surface area contributed by atoms with Crippen LogP contribution in [-0.2, 0) is 0 Å². The molecule has 2 unspecified atom stereocenters. The molecule has 2 atom stereocenters. The lowest BCUT2D eigenvalue weighted by Crippen LogP contribution is -2.63. The van der Waals surface area contributed by atoms with E-state index < -0.39 is 0 Å². The van der Waals surface area contributed by atoms with Crippen molar-refractivity contribution >= 4 is 22.6 Å². The van der Waals surface area contributed by atoms with E-state index in [1.165, 1.54) is 35.7 Å². The number of rotatable bonds is 4. The molecule has 104 valence electrons. The maximum Gasteiger partial charge on any atom is 0.133 e. The maximum atomic E-state index is 6.35. The van der Waals surface area contributed by atoms with Gasteiger partial charge in [-0.2, -0.15) is 0 Å². The second-order valence-electron chi connectivity index (χ2n) is 5.82. The Balaban J connectivity index is 1.74. The Morgan fingerprint density at radius 2 is 2.05 bits per heavy atom. The van der Waals surface area contributed by atoms with Crippen LogP contribution in [0.5, 0.6) is 5.75 Å². The van der Waals surface area contributed by atoms with Crippen molar-refractivity contribution in [1.29, 1.82) is 0 Å². The predicted molar refractivity (Wildman–Crippen MR) is 86.6 cm³/mol. The summed E-state index contributed by atoms with van der Waals surface area (Å²) in [5, 5.41) is 3.66. The molecule has 2 aliphatic carbocycles. The molecule has 2 aliphatic rings. The van der Waals surface area contributed by atoms with Crippen LogP contribution in [0.15, 0.2) is 24.3 Å². The molecule has 1 aromatic rings. The van der Waals surface area contributed by atoms with E-state index in [0.29, 0.717) is 17.6 Å². The Bertz CT molecular complexity index is 442. The fourth-order valence-electron chi connectivity index (χ4n) is 3.84. The first-order chi connectivity index (χ1) is 9.26. The van der Waals surface area contributed by atoms with E-state index in [1.54, 1.807) is 0 Å². The van der Waals surface area contributed by atoms with E-state index >= 15 is 0 Å². The largest absolute Gasteiger partial charge is 0.489 e. The first-order valence-electron chi connectivity index (χ1n) is 7.41. The van der Waals surface area contributed by atoms with Gasteiger partial charge in [-0.1, -0.05) is 31.9 Å². The highest BCUT2D eigenvalue weighted by molar-refractivity contribution is 14.1. The average molecular weight is 371 g/mol. The summed E-state index contributed by atoms with van der Waals surface area (Å²) in [5.74, 6) is 1.06. The molecule has 3 rings (SSSR count). The molecule has 0 bridgehead atoms. The number of halogens is 1. The van der Waals surface area contributed by atoms with Crippen molar-refractivity contribution in [1.82, 2.24) is 5.32 Å². The first kappa shape index (κ1) is 13.7. The zero-order valence-corrected chi connectivity index (χ0v) is 13.7. The molecule has 2 saturated carbocycles. The third-order valence-electron chi connectivity index (χ3n) is 4.88. The lowest BCUT2D eigenvalue weighted by molar-refractivity contribution is -0.0759. The fourth-order valence-corrected chi connectivity index (χ4v) is 4.36. The van der Waals surface area contributed by atoms with Crippen LogP contribution in [0.2, 0.25) is 0 Å². The van der Waals surface area contributed by atoms with E-state index in [0.717, 1.165) is 12.3 Å². The highest BCUT2D eigenvalue weighted by Crippen LogP contribution is 2.54. The molecule has 0 heterocycles. The van der Waals surface area contributed by atoms with E-state index in [2.05, 4.69) is 59.1 Å². The summed E-state index contributed by atoms with van der Waals surface area (Å²) < 4.78 is 7.57. The lowest BCUT2D eigenvalue weighted by Gasteiger charge is -2.54. The van der Waals surface area contributed by atoms with Gasteiger partial charge in [0.05, 0.1) is 3.57 Å². The summed E-state index contributed by atoms with van der Waals surface area (Å²) in [4.78, 5) is 0. The van der Waals surface area contributed by atoms with Crippen LogP contribution in [0.4, 0.5) is 0 Å². The molecule has 2 nitrogen and oxygen atoms in total. The molecular formula is C16H22INO. The summed E-state index contributed by atoms with van der Waals surface area (Å²) in [6, 6.07) is 9.04. The van der Waals surface area contributed by atoms with Gasteiger partial charge in [0.1, 0.15) is 11.9 Å². The highest BCUT2D eigenvalue weighted by Gasteiger charge is 2.57. The second-order valence-corrected chi connectivity index (χ2v) is 6.99. The highest BCUT2D eigenvalue weighted by atomic mass is 127. The van der Waals surface area contributed by atoms with Gasteiger partial charge in [-0.15, -0.1) is 0 Å². The minimum Gasteiger partial charge on any atom is -0.489 e. The number of hydrogen-bond acceptors (Lipinski definition) is 2. The average Bonchev–Trinajstić information content (AvgIpc) is 2.92. The summed E-state index contributed by atoms with van der Waals surface area (Å²) in [6.07, 6.45) is 6.98. The number of benzene rings is 1. The molecule has 3 heteroatoms. The summed E-state index contributed by atoms with van der Waals surface area (Å²) >= 11 is 2.37. The molecule has 0 saturated heterocycles. The van der Waals surface area contributed by atoms with Crippen molar-refractivity contribution in [2.75, 3.05) is 6.54 Å². The number of nitrogens with one attached hydrogen (secondary N) is 1. The van der Waals surface area contributed by atoms with Crippen molar-refractivity contribution < 1.29 is 4.74 Å². The molecule has 2 fully saturated rings. The van der Waals surface area contributed by atoms with Gasteiger partial charge in [-0.25, -0.2) is 0 Å². The van der Waals surface area contributed by atoms with E-state index in [1.807, 2.05) is 0 Å². The molecule has 1 N–H and O–H groups in total. The Kier molecular flexibility index (Phi) is 4.03. The summed E-state index contributed by atoms with van der Waals surface area (Å²) in [7, 11) is 0. The summed E-state index contributed by atoms with van der Waals surface area (Å²) in [6.45, 7) is 3.28. The van der Waals surface area contributed by atoms with Crippen LogP contribution in [0.1, 0.15) is 39.0 Å². The Hall–Kier alpha value is -0.290. The maximum absolute atomic E-state index is 6.35. The van der Waals surface area contributed by atoms with Crippen LogP contribution in [0, 0.1) is 8.99 Å². The zero-order chi connectivity index (χ0) is 13.3. The minimum atomic E-state index is 0.412. The van der Waals surface area contributed by atoms with E-state index in [4.69, 9.17) is 4.74 Å². The monoisotopic (exact) mass is 371 g/mol. The molecule has 0 aromatic heterocycles. The van der Waals surface area contributed by atoms with Crippen molar-refractivity contribution in [3.63, 3.8) is 0 Å². The Morgan fingerprint density at radius 1 is 1.32 bits per heavy atom. The number of para-hydroxylation sites is 1. The SMILES string of the molecule is CCNC1CC(Oc2ccccc2I)C12CCCC2. The molecule has 0 aliphatic heterocycles. The zero-order valence-electron chi connectivity index (χ0n) is 11.5. The second kappa shape index (κ2) is 5.60. The fraction of sp³-hybridized carbons (Fsp3) is 0.625. The summed E-state index contributed by atoms with van der Waals surface area (Å²) in [5.41, 5.74) is 0.412. The molecular weight excluding hydrogens is 349 g/mol. The van der Waals surface area contributed by atoms with Crippen molar-refractivity contribution in [2.45, 2.75) is 51.2 Å². The Labute approximate surface area is 129 Å². The number of ether oxygens (including phenoxy) is 1. The van der Waals surface area contributed by atoms with E-state index in [9.17, 15) is 0 Å². The van der Waals surface area contributed by atoms with E-state index in [-0.39, 0.29) is 0 Å². The molecule has 19 heavy (non-hydrogen) atoms. The van der Waals surface area contributed by atoms with Crippen molar-refractivity contribution in [2.24, 2.45) is 5.41 Å². The van der Waals surface area contributed by atoms with Gasteiger partial charge in [0.15, 0.2) is 0 Å². The third-order valence-corrected chi connectivity index (χ3v) is 5.77. The number of hydrogen-bond donors (Lipinski definition) is 1. The van der Waals surface area contributed by atoms with Gasteiger partial charge in [-0.3, -0.25) is 0 Å². The smallest absolute Gasteiger partial charge is 0.133 e. The van der Waals surface area contributed by atoms with Crippen LogP contribution in [0.3, 0.4) is 0 Å². The van der Waals surface area contributed by atoms with Crippen LogP contribution in [-0.4, -0.2) is 18.7 Å². The predicted octanol–water partition coefficient (Wildman–Crippen LogP) is 3.98. The first-order valence-corrected chi connectivity index (χ1v) is 8.49. The minimum absolute atomic E-state index is 0.412. The van der Waals surface area contributed by atoms with Crippen LogP contribution >= 0.6 is 22.6 Å². The topological polar surface area (TPSA) is 21.3 Å². The third kappa shape index (κ3) is 2.40. The molecule has 0 radical (unpaired) electrons. The van der Waals surface area contributed by atoms with Gasteiger partial charge >= 0.3 is 0 Å². The van der Waals surface area contributed by atoms with Gasteiger partial charge in [-0.05, 0) is 54.1 Å². The Morgan fingerprint density at radius 3 is 2.74 bits per heavy atom. The van der Waals surface area contributed by atoms with Crippen molar-refractivity contribution in [3.05, 3.63) is 27.8 Å². The molecule has 1 aromatic carbocycles. The van der Waals surface area contributed by atoms with Gasteiger partial charge < -0.3 is 10.1 Å². The van der Waals surface area contributed by atoms with Crippen molar-refractivity contribution in [3.8, 4) is 5.75 Å².